The number of hydrogen-bond acceptors (Lipinski definition) is 7. The van der Waals surface area contributed by atoms with Crippen molar-refractivity contribution >= 4 is 22.7 Å². The molecule has 0 unspecified atom stereocenters. The quantitative estimate of drug-likeness (QED) is 0.717. The molecule has 0 aromatic carbocycles. The van der Waals surface area contributed by atoms with Crippen LogP contribution >= 0.6 is 0 Å². The van der Waals surface area contributed by atoms with Gasteiger partial charge in [0.25, 0.3) is 0 Å². The number of hydrogen-bond donors (Lipinski definition) is 0. The highest BCUT2D eigenvalue weighted by Crippen LogP contribution is 2.27. The lowest BCUT2D eigenvalue weighted by molar-refractivity contribution is 0.483. The van der Waals surface area contributed by atoms with Gasteiger partial charge >= 0.3 is 0 Å². The van der Waals surface area contributed by atoms with Crippen molar-refractivity contribution in [3.8, 4) is 0 Å². The molecule has 130 valence electrons. The van der Waals surface area contributed by atoms with Gasteiger partial charge in [0.15, 0.2) is 11.5 Å². The second-order valence-electron chi connectivity index (χ2n) is 6.59. The van der Waals surface area contributed by atoms with E-state index in [2.05, 4.69) is 48.2 Å². The van der Waals surface area contributed by atoms with Gasteiger partial charge in [-0.3, -0.25) is 4.68 Å². The van der Waals surface area contributed by atoms with Gasteiger partial charge in [-0.05, 0) is 31.9 Å². The fraction of sp³-hybridized carbons (Fsp3) is 0.471. The van der Waals surface area contributed by atoms with E-state index in [-0.39, 0.29) is 0 Å². The van der Waals surface area contributed by atoms with Gasteiger partial charge in [-0.1, -0.05) is 0 Å². The van der Waals surface area contributed by atoms with Gasteiger partial charge < -0.3 is 9.80 Å². The molecule has 1 fully saturated rings. The third-order valence-corrected chi connectivity index (χ3v) is 4.89. The lowest BCUT2D eigenvalue weighted by Crippen LogP contribution is -2.47. The van der Waals surface area contributed by atoms with Gasteiger partial charge in [0.1, 0.15) is 12.1 Å². The molecule has 1 aliphatic heterocycles. The van der Waals surface area contributed by atoms with E-state index in [4.69, 9.17) is 0 Å². The largest absolute Gasteiger partial charge is 0.354 e. The molecule has 4 heterocycles. The molecule has 0 spiro atoms. The number of anilines is 2. The molecular formula is C17H22N8. The summed E-state index contributed by atoms with van der Waals surface area (Å²) in [6, 6.07) is 4.42. The second kappa shape index (κ2) is 6.27. The average molecular weight is 338 g/mol. The van der Waals surface area contributed by atoms with Crippen molar-refractivity contribution in [1.29, 1.82) is 0 Å². The Morgan fingerprint density at radius 2 is 2.08 bits per heavy atom. The summed E-state index contributed by atoms with van der Waals surface area (Å²) >= 11 is 0. The van der Waals surface area contributed by atoms with Crippen LogP contribution in [0.5, 0.6) is 0 Å². The lowest BCUT2D eigenvalue weighted by atomic mass is 10.0. The molecule has 3 aromatic rings. The van der Waals surface area contributed by atoms with E-state index in [1.165, 1.54) is 0 Å². The van der Waals surface area contributed by atoms with Crippen LogP contribution < -0.4 is 9.80 Å². The number of nitrogens with zero attached hydrogens (tertiary/aromatic N) is 8. The molecule has 1 aliphatic rings. The Labute approximate surface area is 146 Å². The maximum Gasteiger partial charge on any atom is 0.163 e. The topological polar surface area (TPSA) is 75.9 Å². The van der Waals surface area contributed by atoms with Crippen molar-refractivity contribution in [3.05, 3.63) is 30.4 Å². The van der Waals surface area contributed by atoms with Crippen LogP contribution in [-0.2, 0) is 7.05 Å². The standard InChI is InChI=1S/C17H22N8/c1-12-6-7-15(22-21-12)25-8-4-5-13(10-25)23(2)16-14-9-20-24(3)17(14)19-11-18-16/h6-7,9,11,13H,4-5,8,10H2,1-3H3/t13-/m1/s1. The number of rotatable bonds is 3. The zero-order chi connectivity index (χ0) is 17.4. The van der Waals surface area contributed by atoms with Gasteiger partial charge in [-0.25, -0.2) is 9.97 Å². The van der Waals surface area contributed by atoms with E-state index in [0.29, 0.717) is 6.04 Å². The molecule has 1 saturated heterocycles. The van der Waals surface area contributed by atoms with Crippen LogP contribution in [0.25, 0.3) is 11.0 Å². The van der Waals surface area contributed by atoms with E-state index in [1.807, 2.05) is 26.2 Å². The van der Waals surface area contributed by atoms with E-state index in [0.717, 1.165) is 54.3 Å². The number of piperidine rings is 1. The number of likely N-dealkylation sites (N-methyl/N-ethyl adjacent to an activating group) is 1. The Morgan fingerprint density at radius 1 is 1.20 bits per heavy atom. The highest BCUT2D eigenvalue weighted by molar-refractivity contribution is 5.86. The first-order valence-corrected chi connectivity index (χ1v) is 8.54. The summed E-state index contributed by atoms with van der Waals surface area (Å²) in [5.41, 5.74) is 1.79. The molecule has 8 nitrogen and oxygen atoms in total. The zero-order valence-corrected chi connectivity index (χ0v) is 14.8. The van der Waals surface area contributed by atoms with Crippen LogP contribution in [0.1, 0.15) is 18.5 Å². The molecule has 8 heteroatoms. The van der Waals surface area contributed by atoms with Crippen LogP contribution in [-0.4, -0.2) is 56.1 Å². The summed E-state index contributed by atoms with van der Waals surface area (Å²) in [7, 11) is 4.00. The van der Waals surface area contributed by atoms with Crippen molar-refractivity contribution in [3.63, 3.8) is 0 Å². The second-order valence-corrected chi connectivity index (χ2v) is 6.59. The van der Waals surface area contributed by atoms with Crippen molar-refractivity contribution in [2.24, 2.45) is 7.05 Å². The Hall–Kier alpha value is -2.77. The van der Waals surface area contributed by atoms with Crippen LogP contribution in [0.2, 0.25) is 0 Å². The molecule has 0 amide bonds. The lowest BCUT2D eigenvalue weighted by Gasteiger charge is -2.38. The monoisotopic (exact) mass is 338 g/mol. The Morgan fingerprint density at radius 3 is 2.88 bits per heavy atom. The van der Waals surface area contributed by atoms with Crippen molar-refractivity contribution in [1.82, 2.24) is 29.9 Å². The molecular weight excluding hydrogens is 316 g/mol. The summed E-state index contributed by atoms with van der Waals surface area (Å²) in [6.45, 7) is 3.87. The summed E-state index contributed by atoms with van der Waals surface area (Å²) in [5.74, 6) is 1.87. The van der Waals surface area contributed by atoms with Gasteiger partial charge in [0, 0.05) is 33.2 Å². The first-order chi connectivity index (χ1) is 12.1. The Bertz CT molecular complexity index is 872. The Balaban J connectivity index is 1.59. The molecule has 0 radical (unpaired) electrons. The predicted octanol–water partition coefficient (Wildman–Crippen LogP) is 1.57. The molecule has 0 saturated carbocycles. The number of aromatic nitrogens is 6. The predicted molar refractivity (Wildman–Crippen MR) is 96.7 cm³/mol. The number of aryl methyl sites for hydroxylation is 2. The van der Waals surface area contributed by atoms with E-state index in [9.17, 15) is 0 Å². The van der Waals surface area contributed by atoms with Crippen molar-refractivity contribution in [2.75, 3.05) is 29.9 Å². The minimum Gasteiger partial charge on any atom is -0.354 e. The molecule has 0 N–H and O–H groups in total. The van der Waals surface area contributed by atoms with Gasteiger partial charge in [-0.15, -0.1) is 5.10 Å². The fourth-order valence-corrected chi connectivity index (χ4v) is 3.44. The first-order valence-electron chi connectivity index (χ1n) is 8.54. The van der Waals surface area contributed by atoms with Crippen LogP contribution in [0.15, 0.2) is 24.7 Å². The molecule has 0 aliphatic carbocycles. The molecule has 25 heavy (non-hydrogen) atoms. The fourth-order valence-electron chi connectivity index (χ4n) is 3.44. The normalized spacial score (nSPS) is 17.9. The molecule has 1 atom stereocenters. The number of fused-ring (bicyclic) bond motifs is 1. The minimum absolute atomic E-state index is 0.357. The highest BCUT2D eigenvalue weighted by atomic mass is 15.3. The summed E-state index contributed by atoms with van der Waals surface area (Å²) < 4.78 is 1.78. The van der Waals surface area contributed by atoms with Gasteiger partial charge in [0.2, 0.25) is 0 Å². The van der Waals surface area contributed by atoms with Gasteiger partial charge in [-0.2, -0.15) is 10.2 Å². The third kappa shape index (κ3) is 2.88. The Kier molecular flexibility index (Phi) is 3.95. The molecule has 4 rings (SSSR count). The van der Waals surface area contributed by atoms with Gasteiger partial charge in [0.05, 0.1) is 17.3 Å². The van der Waals surface area contributed by atoms with Crippen molar-refractivity contribution in [2.45, 2.75) is 25.8 Å². The van der Waals surface area contributed by atoms with E-state index < -0.39 is 0 Å². The summed E-state index contributed by atoms with van der Waals surface area (Å²) in [4.78, 5) is 13.4. The zero-order valence-electron chi connectivity index (χ0n) is 14.8. The average Bonchev–Trinajstić information content (AvgIpc) is 3.03. The highest BCUT2D eigenvalue weighted by Gasteiger charge is 2.26. The summed E-state index contributed by atoms with van der Waals surface area (Å²) in [5, 5.41) is 13.8. The van der Waals surface area contributed by atoms with E-state index >= 15 is 0 Å². The SMILES string of the molecule is Cc1ccc(N2CCC[C@@H](N(C)c3ncnc4c3cnn4C)C2)nn1. The molecule has 0 bridgehead atoms. The third-order valence-electron chi connectivity index (χ3n) is 4.89. The maximum absolute atomic E-state index is 4.52. The molecule has 3 aromatic heterocycles. The summed E-state index contributed by atoms with van der Waals surface area (Å²) in [6.07, 6.45) is 5.69. The van der Waals surface area contributed by atoms with Crippen LogP contribution in [0, 0.1) is 6.92 Å². The van der Waals surface area contributed by atoms with Crippen LogP contribution in [0.3, 0.4) is 0 Å². The minimum atomic E-state index is 0.357. The van der Waals surface area contributed by atoms with Crippen molar-refractivity contribution < 1.29 is 0 Å². The first kappa shape index (κ1) is 15.7. The smallest absolute Gasteiger partial charge is 0.163 e. The van der Waals surface area contributed by atoms with Crippen LogP contribution in [0.4, 0.5) is 11.6 Å². The maximum atomic E-state index is 4.52. The van der Waals surface area contributed by atoms with E-state index in [1.54, 1.807) is 11.0 Å².